The van der Waals surface area contributed by atoms with Crippen LogP contribution in [0.5, 0.6) is 5.88 Å². The zero-order valence-electron chi connectivity index (χ0n) is 11.9. The van der Waals surface area contributed by atoms with E-state index in [1.807, 2.05) is 12.1 Å². The Morgan fingerprint density at radius 1 is 1.25 bits per heavy atom. The predicted octanol–water partition coefficient (Wildman–Crippen LogP) is 2.20. The first-order valence-corrected chi connectivity index (χ1v) is 6.45. The van der Waals surface area contributed by atoms with E-state index in [4.69, 9.17) is 10.5 Å². The number of rotatable bonds is 5. The Hall–Kier alpha value is -2.37. The van der Waals surface area contributed by atoms with Crippen molar-refractivity contribution in [3.8, 4) is 5.88 Å². The van der Waals surface area contributed by atoms with Gasteiger partial charge in [-0.2, -0.15) is 0 Å². The van der Waals surface area contributed by atoms with E-state index >= 15 is 0 Å². The lowest BCUT2D eigenvalue weighted by atomic mass is 10.0. The minimum absolute atomic E-state index is 0.257. The Balaban J connectivity index is 2.12. The lowest BCUT2D eigenvalue weighted by Crippen LogP contribution is -2.09. The molecule has 0 atom stereocenters. The number of anilines is 2. The lowest BCUT2D eigenvalue weighted by molar-refractivity contribution is 0.397. The third kappa shape index (κ3) is 3.14. The first-order chi connectivity index (χ1) is 9.61. The van der Waals surface area contributed by atoms with E-state index in [-0.39, 0.29) is 5.92 Å². The van der Waals surface area contributed by atoms with E-state index in [0.29, 0.717) is 18.2 Å². The van der Waals surface area contributed by atoms with E-state index in [0.717, 1.165) is 16.9 Å². The van der Waals surface area contributed by atoms with Crippen LogP contribution in [0.1, 0.15) is 30.9 Å². The van der Waals surface area contributed by atoms with Gasteiger partial charge in [-0.15, -0.1) is 0 Å². The normalized spacial score (nSPS) is 10.6. The molecule has 20 heavy (non-hydrogen) atoms. The fourth-order valence-electron chi connectivity index (χ4n) is 1.94. The molecule has 0 bridgehead atoms. The van der Waals surface area contributed by atoms with Crippen LogP contribution >= 0.6 is 0 Å². The van der Waals surface area contributed by atoms with E-state index in [2.05, 4.69) is 34.1 Å². The van der Waals surface area contributed by atoms with Gasteiger partial charge in [0.25, 0.3) is 0 Å². The van der Waals surface area contributed by atoms with E-state index in [9.17, 15) is 0 Å². The van der Waals surface area contributed by atoms with Gasteiger partial charge in [0.1, 0.15) is 18.0 Å². The number of methoxy groups -OCH3 is 1. The first kappa shape index (κ1) is 14.0. The van der Waals surface area contributed by atoms with Gasteiger partial charge < -0.3 is 15.8 Å². The molecule has 6 heteroatoms. The molecule has 3 N–H and O–H groups in total. The van der Waals surface area contributed by atoms with Gasteiger partial charge in [0, 0.05) is 24.4 Å². The van der Waals surface area contributed by atoms with Gasteiger partial charge in [-0.1, -0.05) is 19.9 Å². The van der Waals surface area contributed by atoms with Crippen molar-refractivity contribution in [3.05, 3.63) is 35.8 Å². The van der Waals surface area contributed by atoms with Crippen LogP contribution in [-0.2, 0) is 6.54 Å². The molecule has 0 aliphatic carbocycles. The van der Waals surface area contributed by atoms with Gasteiger partial charge in [-0.3, -0.25) is 0 Å². The highest BCUT2D eigenvalue weighted by molar-refractivity contribution is 5.56. The summed E-state index contributed by atoms with van der Waals surface area (Å²) < 4.78 is 5.03. The zero-order valence-corrected chi connectivity index (χ0v) is 11.9. The molecular weight excluding hydrogens is 254 g/mol. The second-order valence-electron chi connectivity index (χ2n) is 4.74. The smallest absolute Gasteiger partial charge is 0.212 e. The summed E-state index contributed by atoms with van der Waals surface area (Å²) in [7, 11) is 1.60. The maximum atomic E-state index is 5.91. The third-order valence-electron chi connectivity index (χ3n) is 2.96. The Labute approximate surface area is 118 Å². The molecule has 2 heterocycles. The maximum Gasteiger partial charge on any atom is 0.212 e. The monoisotopic (exact) mass is 273 g/mol. The largest absolute Gasteiger partial charge is 0.481 e. The van der Waals surface area contributed by atoms with Crippen molar-refractivity contribution in [1.82, 2.24) is 15.0 Å². The van der Waals surface area contributed by atoms with Gasteiger partial charge in [0.05, 0.1) is 7.11 Å². The second kappa shape index (κ2) is 6.18. The third-order valence-corrected chi connectivity index (χ3v) is 2.96. The average Bonchev–Trinajstić information content (AvgIpc) is 2.45. The van der Waals surface area contributed by atoms with E-state index < -0.39 is 0 Å². The molecule has 0 saturated carbocycles. The molecule has 106 valence electrons. The molecule has 0 aromatic carbocycles. The van der Waals surface area contributed by atoms with Gasteiger partial charge in [-0.05, 0) is 11.5 Å². The Morgan fingerprint density at radius 3 is 2.65 bits per heavy atom. The van der Waals surface area contributed by atoms with Crippen molar-refractivity contribution >= 4 is 11.6 Å². The van der Waals surface area contributed by atoms with Crippen molar-refractivity contribution in [2.75, 3.05) is 18.2 Å². The summed E-state index contributed by atoms with van der Waals surface area (Å²) in [6, 6.07) is 3.78. The van der Waals surface area contributed by atoms with Crippen LogP contribution in [0.2, 0.25) is 0 Å². The highest BCUT2D eigenvalue weighted by atomic mass is 16.5. The molecule has 0 spiro atoms. The summed E-state index contributed by atoms with van der Waals surface area (Å²) in [4.78, 5) is 12.5. The SMILES string of the molecule is COc1ccc(CNc2ncnc(N)c2C(C)C)cn1. The van der Waals surface area contributed by atoms with Crippen LogP contribution < -0.4 is 15.8 Å². The Morgan fingerprint density at radius 2 is 2.05 bits per heavy atom. The standard InChI is InChI=1S/C14H19N5O/c1-9(2)12-13(15)18-8-19-14(12)17-7-10-4-5-11(20-3)16-6-10/h4-6,8-9H,7H2,1-3H3,(H3,15,17,18,19). The van der Waals surface area contributed by atoms with Crippen molar-refractivity contribution < 1.29 is 4.74 Å². The minimum Gasteiger partial charge on any atom is -0.481 e. The fraction of sp³-hybridized carbons (Fsp3) is 0.357. The van der Waals surface area contributed by atoms with E-state index in [1.54, 1.807) is 13.3 Å². The van der Waals surface area contributed by atoms with Crippen LogP contribution in [0.4, 0.5) is 11.6 Å². The molecule has 0 aliphatic heterocycles. The number of nitrogen functional groups attached to an aromatic ring is 1. The van der Waals surface area contributed by atoms with Crippen molar-refractivity contribution in [2.24, 2.45) is 0 Å². The highest BCUT2D eigenvalue weighted by Crippen LogP contribution is 2.26. The molecule has 2 aromatic rings. The minimum atomic E-state index is 0.257. The topological polar surface area (TPSA) is 86.0 Å². The van der Waals surface area contributed by atoms with Crippen LogP contribution in [0.25, 0.3) is 0 Å². The molecule has 2 aromatic heterocycles. The quantitative estimate of drug-likeness (QED) is 0.868. The van der Waals surface area contributed by atoms with Crippen LogP contribution in [0.3, 0.4) is 0 Å². The van der Waals surface area contributed by atoms with Gasteiger partial charge in [-0.25, -0.2) is 15.0 Å². The number of aromatic nitrogens is 3. The molecule has 2 rings (SSSR count). The van der Waals surface area contributed by atoms with Crippen molar-refractivity contribution in [2.45, 2.75) is 26.3 Å². The fourth-order valence-corrected chi connectivity index (χ4v) is 1.94. The number of hydrogen-bond acceptors (Lipinski definition) is 6. The molecule has 0 amide bonds. The number of nitrogens with zero attached hydrogens (tertiary/aromatic N) is 3. The van der Waals surface area contributed by atoms with Crippen molar-refractivity contribution in [3.63, 3.8) is 0 Å². The Bertz CT molecular complexity index is 568. The molecule has 0 radical (unpaired) electrons. The molecular formula is C14H19N5O. The number of nitrogens with one attached hydrogen (secondary N) is 1. The summed E-state index contributed by atoms with van der Waals surface area (Å²) in [5.74, 6) is 2.14. The lowest BCUT2D eigenvalue weighted by Gasteiger charge is -2.14. The molecule has 0 unspecified atom stereocenters. The molecule has 0 fully saturated rings. The van der Waals surface area contributed by atoms with Gasteiger partial charge in [0.2, 0.25) is 5.88 Å². The summed E-state index contributed by atoms with van der Waals surface area (Å²) in [5.41, 5.74) is 7.89. The summed E-state index contributed by atoms with van der Waals surface area (Å²) in [6.07, 6.45) is 3.24. The van der Waals surface area contributed by atoms with Crippen LogP contribution in [-0.4, -0.2) is 22.1 Å². The maximum absolute atomic E-state index is 5.91. The number of pyridine rings is 1. The predicted molar refractivity (Wildman–Crippen MR) is 78.6 cm³/mol. The zero-order chi connectivity index (χ0) is 14.5. The van der Waals surface area contributed by atoms with Gasteiger partial charge >= 0.3 is 0 Å². The number of ether oxygens (including phenoxy) is 1. The second-order valence-corrected chi connectivity index (χ2v) is 4.74. The average molecular weight is 273 g/mol. The van der Waals surface area contributed by atoms with Crippen LogP contribution in [0, 0.1) is 0 Å². The van der Waals surface area contributed by atoms with E-state index in [1.165, 1.54) is 6.33 Å². The molecule has 0 aliphatic rings. The molecule has 6 nitrogen and oxygen atoms in total. The van der Waals surface area contributed by atoms with Crippen LogP contribution in [0.15, 0.2) is 24.7 Å². The highest BCUT2D eigenvalue weighted by Gasteiger charge is 2.12. The van der Waals surface area contributed by atoms with Crippen molar-refractivity contribution in [1.29, 1.82) is 0 Å². The summed E-state index contributed by atoms with van der Waals surface area (Å²) in [5, 5.41) is 3.28. The molecule has 0 saturated heterocycles. The summed E-state index contributed by atoms with van der Waals surface area (Å²) >= 11 is 0. The first-order valence-electron chi connectivity index (χ1n) is 6.45. The number of hydrogen-bond donors (Lipinski definition) is 2. The Kier molecular flexibility index (Phi) is 4.34. The van der Waals surface area contributed by atoms with Gasteiger partial charge in [0.15, 0.2) is 0 Å². The number of nitrogens with two attached hydrogens (primary N) is 1. The summed E-state index contributed by atoms with van der Waals surface area (Å²) in [6.45, 7) is 4.75.